The van der Waals surface area contributed by atoms with E-state index in [1.54, 1.807) is 18.2 Å². The summed E-state index contributed by atoms with van der Waals surface area (Å²) in [5.74, 6) is -0.270. The van der Waals surface area contributed by atoms with Gasteiger partial charge in [-0.3, -0.25) is 0 Å². The van der Waals surface area contributed by atoms with E-state index in [1.807, 2.05) is 0 Å². The van der Waals surface area contributed by atoms with Crippen LogP contribution in [0.3, 0.4) is 0 Å². The predicted octanol–water partition coefficient (Wildman–Crippen LogP) is 0.647. The molecule has 0 unspecified atom stereocenters. The third kappa shape index (κ3) is 2.12. The van der Waals surface area contributed by atoms with Gasteiger partial charge in [-0.1, -0.05) is 18.2 Å². The fraction of sp³-hybridized carbons (Fsp3) is 0.400. The molecule has 1 aromatic rings. The molecule has 0 saturated carbocycles. The molecular formula is C10H12O4S2. The van der Waals surface area contributed by atoms with Crippen molar-refractivity contribution in [1.82, 2.24) is 0 Å². The normalized spacial score (nSPS) is 24.4. The van der Waals surface area contributed by atoms with Gasteiger partial charge in [0.15, 0.2) is 19.7 Å². The maximum absolute atomic E-state index is 12.1. The highest BCUT2D eigenvalue weighted by atomic mass is 32.2. The van der Waals surface area contributed by atoms with Crippen LogP contribution in [0.25, 0.3) is 0 Å². The van der Waals surface area contributed by atoms with Crippen molar-refractivity contribution >= 4 is 19.7 Å². The van der Waals surface area contributed by atoms with E-state index in [1.165, 1.54) is 12.1 Å². The lowest BCUT2D eigenvalue weighted by atomic mass is 10.4. The van der Waals surface area contributed by atoms with E-state index in [9.17, 15) is 16.8 Å². The van der Waals surface area contributed by atoms with Crippen LogP contribution in [0.2, 0.25) is 0 Å². The van der Waals surface area contributed by atoms with Crippen molar-refractivity contribution in [1.29, 1.82) is 0 Å². The smallest absolute Gasteiger partial charge is 0.182 e. The molecule has 0 bridgehead atoms. The van der Waals surface area contributed by atoms with Crippen LogP contribution in [0.5, 0.6) is 0 Å². The van der Waals surface area contributed by atoms with Crippen LogP contribution in [0.15, 0.2) is 35.2 Å². The summed E-state index contributed by atoms with van der Waals surface area (Å²) >= 11 is 0. The zero-order chi connectivity index (χ0) is 11.8. The quantitative estimate of drug-likeness (QED) is 0.783. The van der Waals surface area contributed by atoms with Crippen molar-refractivity contribution in [2.75, 3.05) is 11.5 Å². The third-order valence-corrected chi connectivity index (χ3v) is 6.89. The molecule has 1 aliphatic rings. The van der Waals surface area contributed by atoms with Crippen molar-refractivity contribution < 1.29 is 16.8 Å². The lowest BCUT2D eigenvalue weighted by Gasteiger charge is -2.09. The summed E-state index contributed by atoms with van der Waals surface area (Å²) in [5, 5.41) is -0.778. The Kier molecular flexibility index (Phi) is 2.79. The van der Waals surface area contributed by atoms with Gasteiger partial charge in [0.1, 0.15) is 0 Å². The second-order valence-corrected chi connectivity index (χ2v) is 8.34. The third-order valence-electron chi connectivity index (χ3n) is 2.70. The molecule has 1 fully saturated rings. The van der Waals surface area contributed by atoms with Gasteiger partial charge >= 0.3 is 0 Å². The minimum atomic E-state index is -3.49. The Balaban J connectivity index is 2.36. The molecule has 6 heteroatoms. The Bertz CT molecular complexity index is 573. The van der Waals surface area contributed by atoms with E-state index in [0.717, 1.165) is 0 Å². The molecule has 4 nitrogen and oxygen atoms in total. The van der Waals surface area contributed by atoms with Crippen LogP contribution in [-0.4, -0.2) is 33.6 Å². The van der Waals surface area contributed by atoms with Gasteiger partial charge in [0.05, 0.1) is 21.7 Å². The standard InChI is InChI=1S/C10H12O4S2/c11-15(12)7-6-10(8-15)16(13,14)9-4-2-1-3-5-9/h1-5,10H,6-8H2/t10-/m1/s1. The van der Waals surface area contributed by atoms with E-state index in [2.05, 4.69) is 0 Å². The minimum Gasteiger partial charge on any atom is -0.229 e. The average Bonchev–Trinajstić information content (AvgIpc) is 2.61. The molecule has 1 saturated heterocycles. The maximum atomic E-state index is 12.1. The van der Waals surface area contributed by atoms with E-state index in [-0.39, 0.29) is 22.8 Å². The van der Waals surface area contributed by atoms with Gasteiger partial charge in [0, 0.05) is 0 Å². The van der Waals surface area contributed by atoms with E-state index in [4.69, 9.17) is 0 Å². The Morgan fingerprint density at radius 1 is 1.12 bits per heavy atom. The summed E-state index contributed by atoms with van der Waals surface area (Å²) in [6.45, 7) is 0. The Hall–Kier alpha value is -0.880. The zero-order valence-corrected chi connectivity index (χ0v) is 10.2. The molecule has 1 aromatic carbocycles. The number of hydrogen-bond donors (Lipinski definition) is 0. The van der Waals surface area contributed by atoms with Crippen molar-refractivity contribution in [3.63, 3.8) is 0 Å². The number of sulfone groups is 2. The van der Waals surface area contributed by atoms with Crippen molar-refractivity contribution in [3.05, 3.63) is 30.3 Å². The second kappa shape index (κ2) is 3.85. The summed E-state index contributed by atoms with van der Waals surface area (Å²) in [4.78, 5) is 0.206. The fourth-order valence-corrected chi connectivity index (χ4v) is 6.19. The van der Waals surface area contributed by atoms with Crippen molar-refractivity contribution in [2.45, 2.75) is 16.6 Å². The molecule has 0 N–H and O–H groups in total. The molecule has 2 rings (SSSR count). The Morgan fingerprint density at radius 2 is 1.75 bits per heavy atom. The molecule has 1 heterocycles. The highest BCUT2D eigenvalue weighted by Crippen LogP contribution is 2.24. The van der Waals surface area contributed by atoms with Gasteiger partial charge in [-0.15, -0.1) is 0 Å². The zero-order valence-electron chi connectivity index (χ0n) is 8.53. The molecule has 16 heavy (non-hydrogen) atoms. The maximum Gasteiger partial charge on any atom is 0.182 e. The molecule has 0 radical (unpaired) electrons. The number of rotatable bonds is 2. The predicted molar refractivity (Wildman–Crippen MR) is 60.7 cm³/mol. The first-order chi connectivity index (χ1) is 7.42. The Morgan fingerprint density at radius 3 is 2.25 bits per heavy atom. The molecule has 88 valence electrons. The van der Waals surface area contributed by atoms with Crippen LogP contribution in [0.1, 0.15) is 6.42 Å². The van der Waals surface area contributed by atoms with Gasteiger partial charge in [-0.25, -0.2) is 16.8 Å². The highest BCUT2D eigenvalue weighted by molar-refractivity contribution is 7.96. The number of benzene rings is 1. The highest BCUT2D eigenvalue weighted by Gasteiger charge is 2.37. The van der Waals surface area contributed by atoms with Gasteiger partial charge in [-0.2, -0.15) is 0 Å². The first-order valence-corrected chi connectivity index (χ1v) is 8.28. The van der Waals surface area contributed by atoms with Crippen LogP contribution >= 0.6 is 0 Å². The van der Waals surface area contributed by atoms with E-state index < -0.39 is 24.9 Å². The molecular weight excluding hydrogens is 248 g/mol. The minimum absolute atomic E-state index is 0.0241. The molecule has 0 aromatic heterocycles. The first-order valence-electron chi connectivity index (χ1n) is 4.91. The van der Waals surface area contributed by atoms with Gasteiger partial charge in [-0.05, 0) is 18.6 Å². The van der Waals surface area contributed by atoms with Crippen molar-refractivity contribution in [2.24, 2.45) is 0 Å². The second-order valence-electron chi connectivity index (χ2n) is 3.88. The summed E-state index contributed by atoms with van der Waals surface area (Å²) in [6.07, 6.45) is 0.208. The topological polar surface area (TPSA) is 68.3 Å². The Labute approximate surface area is 95.1 Å². The van der Waals surface area contributed by atoms with Gasteiger partial charge in [0.2, 0.25) is 0 Å². The molecule has 0 amide bonds. The molecule has 0 spiro atoms. The lowest BCUT2D eigenvalue weighted by molar-refractivity contribution is 0.582. The van der Waals surface area contributed by atoms with Crippen molar-refractivity contribution in [3.8, 4) is 0 Å². The monoisotopic (exact) mass is 260 g/mol. The fourth-order valence-electron chi connectivity index (χ4n) is 1.81. The number of hydrogen-bond acceptors (Lipinski definition) is 4. The van der Waals surface area contributed by atoms with Crippen LogP contribution in [0.4, 0.5) is 0 Å². The summed E-state index contributed by atoms with van der Waals surface area (Å²) in [6, 6.07) is 8.00. The summed E-state index contributed by atoms with van der Waals surface area (Å²) in [5.41, 5.74) is 0. The van der Waals surface area contributed by atoms with Crippen LogP contribution in [0, 0.1) is 0 Å². The molecule has 1 aliphatic heterocycles. The first kappa shape index (κ1) is 11.6. The average molecular weight is 260 g/mol. The van der Waals surface area contributed by atoms with E-state index >= 15 is 0 Å². The SMILES string of the molecule is O=S1(=O)CC[C@@H](S(=O)(=O)c2ccccc2)C1. The lowest BCUT2D eigenvalue weighted by Crippen LogP contribution is -2.22. The largest absolute Gasteiger partial charge is 0.229 e. The molecule has 1 atom stereocenters. The summed E-state index contributed by atoms with van der Waals surface area (Å²) < 4.78 is 46.6. The molecule has 0 aliphatic carbocycles. The van der Waals surface area contributed by atoms with E-state index in [0.29, 0.717) is 0 Å². The summed E-state index contributed by atoms with van der Waals surface area (Å²) in [7, 11) is -6.65. The van der Waals surface area contributed by atoms with Crippen LogP contribution in [-0.2, 0) is 19.7 Å². The van der Waals surface area contributed by atoms with Gasteiger partial charge < -0.3 is 0 Å². The van der Waals surface area contributed by atoms with Crippen LogP contribution < -0.4 is 0 Å². The van der Waals surface area contributed by atoms with Gasteiger partial charge in [0.25, 0.3) is 0 Å².